The zero-order valence-electron chi connectivity index (χ0n) is 25.3. The number of hydrogen-bond acceptors (Lipinski definition) is 4. The number of hydrogen-bond donors (Lipinski definition) is 1. The van der Waals surface area contributed by atoms with Crippen LogP contribution < -0.4 is 9.62 Å². The average Bonchev–Trinajstić information content (AvgIpc) is 3.01. The number of benzene rings is 4. The van der Waals surface area contributed by atoms with Gasteiger partial charge >= 0.3 is 0 Å². The Balaban J connectivity index is 1.44. The zero-order chi connectivity index (χ0) is 32.3. The minimum atomic E-state index is -4.16. The molecular weight excluding hydrogens is 629 g/mol. The van der Waals surface area contributed by atoms with E-state index in [0.29, 0.717) is 46.9 Å². The lowest BCUT2D eigenvalue weighted by molar-refractivity contribution is 0.0623. The number of anilines is 2. The van der Waals surface area contributed by atoms with Gasteiger partial charge in [-0.1, -0.05) is 73.4 Å². The largest absolute Gasteiger partial charge is 0.338 e. The van der Waals surface area contributed by atoms with Crippen LogP contribution in [0.3, 0.4) is 0 Å². The molecule has 10 heteroatoms. The monoisotopic (exact) mass is 663 g/mol. The Bertz CT molecular complexity index is 1800. The smallest absolute Gasteiger partial charge is 0.264 e. The van der Waals surface area contributed by atoms with Crippen molar-refractivity contribution in [2.75, 3.05) is 22.7 Å². The van der Waals surface area contributed by atoms with E-state index in [1.54, 1.807) is 42.5 Å². The Kier molecular flexibility index (Phi) is 9.87. The van der Waals surface area contributed by atoms with Gasteiger partial charge in [-0.25, -0.2) is 8.42 Å². The summed E-state index contributed by atoms with van der Waals surface area (Å²) in [5.41, 5.74) is 2.85. The molecular formula is C35H35Cl2N3O4S. The number of sulfonamides is 1. The van der Waals surface area contributed by atoms with E-state index in [4.69, 9.17) is 23.2 Å². The molecule has 1 heterocycles. The highest BCUT2D eigenvalue weighted by molar-refractivity contribution is 7.92. The number of rotatable bonds is 8. The van der Waals surface area contributed by atoms with Crippen LogP contribution in [0, 0.1) is 18.8 Å². The SMILES string of the molecule is Cc1ccc(C(=O)N2CC(C)CC(C)C2)cc1NC(=O)c1cc(S(=O)(=O)N(Cc2ccccc2)c2ccc(Cl)cc2)ccc1Cl. The van der Waals surface area contributed by atoms with Gasteiger partial charge in [0.15, 0.2) is 0 Å². The summed E-state index contributed by atoms with van der Waals surface area (Å²) in [7, 11) is -4.16. The molecule has 0 bridgehead atoms. The Morgan fingerprint density at radius 1 is 0.889 bits per heavy atom. The summed E-state index contributed by atoms with van der Waals surface area (Å²) in [4.78, 5) is 28.7. The fraction of sp³-hybridized carbons (Fsp3) is 0.257. The van der Waals surface area contributed by atoms with Crippen LogP contribution in [-0.2, 0) is 16.6 Å². The van der Waals surface area contributed by atoms with Gasteiger partial charge in [-0.15, -0.1) is 0 Å². The average molecular weight is 665 g/mol. The normalized spacial score (nSPS) is 16.7. The molecule has 1 aliphatic rings. The Morgan fingerprint density at radius 2 is 1.56 bits per heavy atom. The van der Waals surface area contributed by atoms with Crippen molar-refractivity contribution >= 4 is 56.4 Å². The maximum Gasteiger partial charge on any atom is 0.264 e. The van der Waals surface area contributed by atoms with E-state index in [1.807, 2.05) is 42.2 Å². The Morgan fingerprint density at radius 3 is 2.22 bits per heavy atom. The lowest BCUT2D eigenvalue weighted by atomic mass is 9.91. The summed E-state index contributed by atoms with van der Waals surface area (Å²) in [5.74, 6) is 0.148. The van der Waals surface area contributed by atoms with Crippen LogP contribution in [0.25, 0.3) is 0 Å². The van der Waals surface area contributed by atoms with Gasteiger partial charge in [-0.05, 0) is 90.9 Å². The highest BCUT2D eigenvalue weighted by Crippen LogP contribution is 2.31. The molecule has 0 spiro atoms. The molecule has 0 aliphatic carbocycles. The van der Waals surface area contributed by atoms with Gasteiger partial charge in [-0.3, -0.25) is 13.9 Å². The van der Waals surface area contributed by atoms with Crippen molar-refractivity contribution in [3.8, 4) is 0 Å². The second-order valence-corrected chi connectivity index (χ2v) is 14.5. The summed E-state index contributed by atoms with van der Waals surface area (Å²) in [5, 5.41) is 3.42. The molecule has 2 atom stereocenters. The first-order valence-electron chi connectivity index (χ1n) is 14.8. The fourth-order valence-corrected chi connectivity index (χ4v) is 7.54. The summed E-state index contributed by atoms with van der Waals surface area (Å²) in [6.07, 6.45) is 1.08. The Labute approximate surface area is 274 Å². The van der Waals surface area contributed by atoms with Gasteiger partial charge in [0, 0.05) is 29.4 Å². The summed E-state index contributed by atoms with van der Waals surface area (Å²) < 4.78 is 29.5. The number of halogens is 2. The van der Waals surface area contributed by atoms with Gasteiger partial charge in [0.25, 0.3) is 21.8 Å². The highest BCUT2D eigenvalue weighted by atomic mass is 35.5. The lowest BCUT2D eigenvalue weighted by Crippen LogP contribution is -2.42. The van der Waals surface area contributed by atoms with Gasteiger partial charge in [0.05, 0.1) is 27.7 Å². The first kappa shape index (κ1) is 32.5. The van der Waals surface area contributed by atoms with Crippen molar-refractivity contribution in [1.29, 1.82) is 0 Å². The molecule has 2 amide bonds. The predicted molar refractivity (Wildman–Crippen MR) is 181 cm³/mol. The van der Waals surface area contributed by atoms with Crippen molar-refractivity contribution in [2.45, 2.75) is 38.6 Å². The number of amides is 2. The summed E-state index contributed by atoms with van der Waals surface area (Å²) >= 11 is 12.5. The molecule has 45 heavy (non-hydrogen) atoms. The number of nitrogens with zero attached hydrogens (tertiary/aromatic N) is 2. The highest BCUT2D eigenvalue weighted by Gasteiger charge is 2.29. The van der Waals surface area contributed by atoms with Crippen LogP contribution in [0.1, 0.15) is 52.1 Å². The van der Waals surface area contributed by atoms with Crippen LogP contribution >= 0.6 is 23.2 Å². The van der Waals surface area contributed by atoms with E-state index in [2.05, 4.69) is 19.2 Å². The van der Waals surface area contributed by atoms with E-state index < -0.39 is 15.9 Å². The first-order chi connectivity index (χ1) is 21.4. The minimum absolute atomic E-state index is 0.0108. The third kappa shape index (κ3) is 7.52. The van der Waals surface area contributed by atoms with Crippen molar-refractivity contribution in [1.82, 2.24) is 4.90 Å². The summed E-state index contributed by atoms with van der Waals surface area (Å²) in [6, 6.07) is 25.0. The molecule has 4 aromatic carbocycles. The van der Waals surface area contributed by atoms with Crippen molar-refractivity contribution < 1.29 is 18.0 Å². The molecule has 4 aromatic rings. The van der Waals surface area contributed by atoms with Gasteiger partial charge in [0.2, 0.25) is 0 Å². The molecule has 1 N–H and O–H groups in total. The number of carbonyl (C=O) groups excluding carboxylic acids is 2. The number of nitrogens with one attached hydrogen (secondary N) is 1. The molecule has 1 fully saturated rings. The van der Waals surface area contributed by atoms with Gasteiger partial charge in [-0.2, -0.15) is 0 Å². The molecule has 1 aliphatic heterocycles. The molecule has 2 unspecified atom stereocenters. The van der Waals surface area contributed by atoms with E-state index >= 15 is 0 Å². The molecule has 1 saturated heterocycles. The van der Waals surface area contributed by atoms with E-state index in [1.165, 1.54) is 22.5 Å². The third-order valence-corrected chi connectivity index (χ3v) is 10.3. The fourth-order valence-electron chi connectivity index (χ4n) is 5.73. The van der Waals surface area contributed by atoms with Crippen molar-refractivity contribution in [2.24, 2.45) is 11.8 Å². The molecule has 0 saturated carbocycles. The van der Waals surface area contributed by atoms with Crippen LogP contribution in [0.4, 0.5) is 11.4 Å². The number of carbonyl (C=O) groups is 2. The molecule has 0 radical (unpaired) electrons. The summed E-state index contributed by atoms with van der Waals surface area (Å²) in [6.45, 7) is 7.55. The maximum atomic E-state index is 14.1. The number of piperidine rings is 1. The molecule has 5 rings (SSSR count). The second kappa shape index (κ2) is 13.6. The van der Waals surface area contributed by atoms with Gasteiger partial charge < -0.3 is 10.2 Å². The van der Waals surface area contributed by atoms with Gasteiger partial charge in [0.1, 0.15) is 0 Å². The molecule has 7 nitrogen and oxygen atoms in total. The zero-order valence-corrected chi connectivity index (χ0v) is 27.7. The van der Waals surface area contributed by atoms with E-state index in [-0.39, 0.29) is 27.9 Å². The molecule has 234 valence electrons. The number of aryl methyl sites for hydroxylation is 1. The third-order valence-electron chi connectivity index (χ3n) is 7.94. The molecule has 0 aromatic heterocycles. The van der Waals surface area contributed by atoms with Crippen LogP contribution in [-0.4, -0.2) is 38.2 Å². The minimum Gasteiger partial charge on any atom is -0.338 e. The van der Waals surface area contributed by atoms with Crippen molar-refractivity contribution in [3.63, 3.8) is 0 Å². The van der Waals surface area contributed by atoms with E-state index in [0.717, 1.165) is 17.5 Å². The predicted octanol–water partition coefficient (Wildman–Crippen LogP) is 8.07. The topological polar surface area (TPSA) is 86.8 Å². The second-order valence-electron chi connectivity index (χ2n) is 11.8. The van der Waals surface area contributed by atoms with Crippen LogP contribution in [0.2, 0.25) is 10.0 Å². The lowest BCUT2D eigenvalue weighted by Gasteiger charge is -2.35. The quantitative estimate of drug-likeness (QED) is 0.207. The Hall–Kier alpha value is -3.85. The maximum absolute atomic E-state index is 14.1. The van der Waals surface area contributed by atoms with Crippen molar-refractivity contribution in [3.05, 3.63) is 123 Å². The standard InChI is InChI=1S/C35H35Cl2N3O4S/c1-23-17-24(2)21-39(20-23)35(42)27-10-9-25(3)33(18-27)38-34(41)31-19-30(15-16-32(31)37)45(43,44)40(22-26-7-5-4-6-8-26)29-13-11-28(36)12-14-29/h4-16,18-19,23-24H,17,20-22H2,1-3H3,(H,38,41). The first-order valence-corrected chi connectivity index (χ1v) is 16.9. The van der Waals surface area contributed by atoms with Crippen LogP contribution in [0.5, 0.6) is 0 Å². The number of likely N-dealkylation sites (tertiary alicyclic amines) is 1. The van der Waals surface area contributed by atoms with E-state index in [9.17, 15) is 18.0 Å². The van der Waals surface area contributed by atoms with Crippen LogP contribution in [0.15, 0.2) is 95.9 Å².